The molecule has 2 aromatic rings. The number of carbonyl (C=O) groups excluding carboxylic acids is 1. The number of aromatic nitrogens is 3. The summed E-state index contributed by atoms with van der Waals surface area (Å²) in [7, 11) is 0. The maximum absolute atomic E-state index is 12.9. The minimum absolute atomic E-state index is 0.0476. The van der Waals surface area contributed by atoms with Gasteiger partial charge < -0.3 is 10.4 Å². The van der Waals surface area contributed by atoms with Crippen molar-refractivity contribution in [2.45, 2.75) is 19.1 Å². The number of alkyl halides is 3. The Morgan fingerprint density at radius 2 is 2.17 bits per heavy atom. The number of aliphatic hydroxyl groups is 1. The quantitative estimate of drug-likeness (QED) is 0.797. The van der Waals surface area contributed by atoms with Gasteiger partial charge in [0.05, 0.1) is 12.6 Å². The zero-order chi connectivity index (χ0) is 17.0. The van der Waals surface area contributed by atoms with E-state index in [0.29, 0.717) is 0 Å². The summed E-state index contributed by atoms with van der Waals surface area (Å²) >= 11 is 0. The van der Waals surface area contributed by atoms with Crippen LogP contribution in [-0.4, -0.2) is 38.6 Å². The Balaban J connectivity index is 2.19. The van der Waals surface area contributed by atoms with Gasteiger partial charge in [0, 0.05) is 18.5 Å². The van der Waals surface area contributed by atoms with Gasteiger partial charge in [-0.05, 0) is 19.1 Å². The molecule has 124 valence electrons. The van der Waals surface area contributed by atoms with E-state index < -0.39 is 29.6 Å². The van der Waals surface area contributed by atoms with Crippen LogP contribution in [0.15, 0.2) is 30.6 Å². The Morgan fingerprint density at radius 1 is 1.43 bits per heavy atom. The monoisotopic (exact) mass is 329 g/mol. The van der Waals surface area contributed by atoms with Gasteiger partial charge in [0.15, 0.2) is 11.6 Å². The van der Waals surface area contributed by atoms with E-state index in [0.717, 1.165) is 10.7 Å². The van der Waals surface area contributed by atoms with E-state index in [1.807, 2.05) is 0 Å². The minimum atomic E-state index is -4.57. The van der Waals surface area contributed by atoms with Crippen LogP contribution in [0.3, 0.4) is 0 Å². The van der Waals surface area contributed by atoms with Crippen molar-refractivity contribution in [3.8, 4) is 5.82 Å². The molecule has 0 aliphatic heterocycles. The first-order valence-electron chi connectivity index (χ1n) is 6.58. The number of nitrogens with zero attached hydrogens (tertiary/aromatic N) is 3. The highest BCUT2D eigenvalue weighted by Crippen LogP contribution is 2.32. The largest absolute Gasteiger partial charge is 0.420 e. The van der Waals surface area contributed by atoms with Gasteiger partial charge in [0.25, 0.3) is 0 Å². The summed E-state index contributed by atoms with van der Waals surface area (Å²) in [6.45, 7) is 1.34. The number of rotatable bonds is 4. The molecular weight excluding hydrogens is 315 g/mol. The number of amides is 2. The van der Waals surface area contributed by atoms with Crippen LogP contribution in [0.5, 0.6) is 0 Å². The molecule has 2 heterocycles. The molecule has 0 unspecified atom stereocenters. The summed E-state index contributed by atoms with van der Waals surface area (Å²) in [6.07, 6.45) is -2.10. The standard InChI is InChI=1S/C13H14F3N5O2/c1-8(7-22)18-12(23)19-10-4-6-21(20-10)11-9(13(14,15)16)3-2-5-17-11/h2-6,8,22H,7H2,1H3,(H2,18,19,20,23)/t8-/m0/s1. The average molecular weight is 329 g/mol. The predicted molar refractivity (Wildman–Crippen MR) is 75.1 cm³/mol. The van der Waals surface area contributed by atoms with Gasteiger partial charge >= 0.3 is 12.2 Å². The number of hydrogen-bond acceptors (Lipinski definition) is 4. The van der Waals surface area contributed by atoms with Crippen LogP contribution in [0.2, 0.25) is 0 Å². The molecule has 2 amide bonds. The number of halogens is 3. The van der Waals surface area contributed by atoms with Crippen LogP contribution < -0.4 is 10.6 Å². The lowest BCUT2D eigenvalue weighted by Gasteiger charge is -2.11. The van der Waals surface area contributed by atoms with Crippen molar-refractivity contribution in [1.29, 1.82) is 0 Å². The second-order valence-electron chi connectivity index (χ2n) is 4.70. The van der Waals surface area contributed by atoms with Gasteiger partial charge in [-0.1, -0.05) is 0 Å². The summed E-state index contributed by atoms with van der Waals surface area (Å²) in [5, 5.41) is 17.5. The Kier molecular flexibility index (Phi) is 4.84. The number of aliphatic hydroxyl groups excluding tert-OH is 1. The van der Waals surface area contributed by atoms with E-state index in [2.05, 4.69) is 20.7 Å². The van der Waals surface area contributed by atoms with Gasteiger partial charge in [0.2, 0.25) is 0 Å². The van der Waals surface area contributed by atoms with Gasteiger partial charge in [-0.25, -0.2) is 14.5 Å². The lowest BCUT2D eigenvalue weighted by molar-refractivity contribution is -0.137. The fourth-order valence-corrected chi connectivity index (χ4v) is 1.73. The Hall–Kier alpha value is -2.62. The van der Waals surface area contributed by atoms with Crippen molar-refractivity contribution in [3.05, 3.63) is 36.2 Å². The molecule has 0 aliphatic carbocycles. The minimum Gasteiger partial charge on any atom is -0.394 e. The van der Waals surface area contributed by atoms with Crippen LogP contribution in [0.4, 0.5) is 23.8 Å². The number of nitrogens with one attached hydrogen (secondary N) is 2. The molecule has 0 fully saturated rings. The fraction of sp³-hybridized carbons (Fsp3) is 0.308. The molecule has 7 nitrogen and oxygen atoms in total. The maximum atomic E-state index is 12.9. The van der Waals surface area contributed by atoms with E-state index in [9.17, 15) is 18.0 Å². The van der Waals surface area contributed by atoms with Crippen molar-refractivity contribution in [2.75, 3.05) is 11.9 Å². The molecular formula is C13H14F3N5O2. The smallest absolute Gasteiger partial charge is 0.394 e. The van der Waals surface area contributed by atoms with Crippen molar-refractivity contribution >= 4 is 11.8 Å². The van der Waals surface area contributed by atoms with Gasteiger partial charge in [-0.3, -0.25) is 5.32 Å². The molecule has 10 heteroatoms. The zero-order valence-corrected chi connectivity index (χ0v) is 12.0. The van der Waals surface area contributed by atoms with Gasteiger partial charge in [-0.15, -0.1) is 5.10 Å². The van der Waals surface area contributed by atoms with E-state index in [-0.39, 0.29) is 12.4 Å². The van der Waals surface area contributed by atoms with Crippen molar-refractivity contribution < 1.29 is 23.1 Å². The van der Waals surface area contributed by atoms with Crippen LogP contribution >= 0.6 is 0 Å². The topological polar surface area (TPSA) is 92.1 Å². The van der Waals surface area contributed by atoms with E-state index in [1.54, 1.807) is 6.92 Å². The number of hydrogen-bond donors (Lipinski definition) is 3. The average Bonchev–Trinajstić information content (AvgIpc) is 2.94. The van der Waals surface area contributed by atoms with Crippen LogP contribution in [-0.2, 0) is 6.18 Å². The molecule has 2 rings (SSSR count). The number of carbonyl (C=O) groups is 1. The van der Waals surface area contributed by atoms with E-state index >= 15 is 0 Å². The Labute approximate surface area is 129 Å². The van der Waals surface area contributed by atoms with Gasteiger partial charge in [-0.2, -0.15) is 13.2 Å². The summed E-state index contributed by atoms with van der Waals surface area (Å²) in [5.41, 5.74) is -0.937. The Morgan fingerprint density at radius 3 is 2.83 bits per heavy atom. The van der Waals surface area contributed by atoms with Crippen LogP contribution in [0.25, 0.3) is 5.82 Å². The van der Waals surface area contributed by atoms with E-state index in [4.69, 9.17) is 5.11 Å². The highest BCUT2D eigenvalue weighted by Gasteiger charge is 2.34. The highest BCUT2D eigenvalue weighted by molar-refractivity contribution is 5.88. The third kappa shape index (κ3) is 4.19. The van der Waals surface area contributed by atoms with Crippen molar-refractivity contribution in [2.24, 2.45) is 0 Å². The summed E-state index contributed by atoms with van der Waals surface area (Å²) in [5.74, 6) is -0.344. The lowest BCUT2D eigenvalue weighted by Crippen LogP contribution is -2.38. The first kappa shape index (κ1) is 16.7. The maximum Gasteiger partial charge on any atom is 0.420 e. The first-order valence-corrected chi connectivity index (χ1v) is 6.58. The summed E-state index contributed by atoms with van der Waals surface area (Å²) in [4.78, 5) is 15.3. The SMILES string of the molecule is C[C@@H](CO)NC(=O)Nc1ccn(-c2ncccc2C(F)(F)F)n1. The zero-order valence-electron chi connectivity index (χ0n) is 12.0. The van der Waals surface area contributed by atoms with Crippen molar-refractivity contribution in [3.63, 3.8) is 0 Å². The third-order valence-corrected chi connectivity index (χ3v) is 2.79. The summed E-state index contributed by atoms with van der Waals surface area (Å²) in [6, 6.07) is 2.31. The number of anilines is 1. The van der Waals surface area contributed by atoms with E-state index in [1.165, 1.54) is 24.5 Å². The molecule has 0 bridgehead atoms. The molecule has 3 N–H and O–H groups in total. The molecule has 2 aromatic heterocycles. The molecule has 0 saturated heterocycles. The third-order valence-electron chi connectivity index (χ3n) is 2.79. The fourth-order valence-electron chi connectivity index (χ4n) is 1.73. The number of urea groups is 1. The summed E-state index contributed by atoms with van der Waals surface area (Å²) < 4.78 is 39.8. The van der Waals surface area contributed by atoms with Gasteiger partial charge in [0.1, 0.15) is 5.56 Å². The molecule has 0 aromatic carbocycles. The molecule has 0 aliphatic rings. The lowest BCUT2D eigenvalue weighted by atomic mass is 10.2. The predicted octanol–water partition coefficient (Wildman–Crippen LogP) is 1.79. The second-order valence-corrected chi connectivity index (χ2v) is 4.70. The molecule has 0 radical (unpaired) electrons. The van der Waals surface area contributed by atoms with Crippen molar-refractivity contribution in [1.82, 2.24) is 20.1 Å². The molecule has 0 spiro atoms. The highest BCUT2D eigenvalue weighted by atomic mass is 19.4. The number of pyridine rings is 1. The molecule has 1 atom stereocenters. The molecule has 23 heavy (non-hydrogen) atoms. The van der Waals surface area contributed by atoms with Crippen LogP contribution in [0, 0.1) is 0 Å². The normalized spacial score (nSPS) is 12.7. The first-order chi connectivity index (χ1) is 10.8. The Bertz CT molecular complexity index is 686. The van der Waals surface area contributed by atoms with Crippen LogP contribution in [0.1, 0.15) is 12.5 Å². The second kappa shape index (κ2) is 6.65. The molecule has 0 saturated carbocycles.